The summed E-state index contributed by atoms with van der Waals surface area (Å²) in [6.07, 6.45) is -3.54. The van der Waals surface area contributed by atoms with Crippen LogP contribution in [0.15, 0.2) is 12.3 Å². The zero-order chi connectivity index (χ0) is 13.2. The lowest BCUT2D eigenvalue weighted by atomic mass is 10.2. The number of nitrogens with two attached hydrogens (primary N) is 1. The summed E-state index contributed by atoms with van der Waals surface area (Å²) in [5, 5.41) is 8.97. The van der Waals surface area contributed by atoms with Crippen LogP contribution in [-0.2, 0) is 6.18 Å². The quantitative estimate of drug-likeness (QED) is 0.852. The molecule has 0 bridgehead atoms. The fourth-order valence-electron chi connectivity index (χ4n) is 1.28. The molecule has 96 valence electrons. The summed E-state index contributed by atoms with van der Waals surface area (Å²) in [4.78, 5) is 4.72. The van der Waals surface area contributed by atoms with E-state index in [0.29, 0.717) is 0 Å². The number of nitrogens with zero attached hydrogens (tertiary/aromatic N) is 2. The van der Waals surface area contributed by atoms with E-state index in [4.69, 9.17) is 10.8 Å². The van der Waals surface area contributed by atoms with Gasteiger partial charge in [0.2, 0.25) is 0 Å². The van der Waals surface area contributed by atoms with Crippen molar-refractivity contribution >= 4 is 11.4 Å². The number of likely N-dealkylation sites (N-methyl/N-ethyl adjacent to an activating group) is 1. The maximum absolute atomic E-state index is 12.5. The SMILES string of the molecule is CC(CO)N(C)c1cc(C(F)(F)F)ncc1N. The predicted molar refractivity (Wildman–Crippen MR) is 58.6 cm³/mol. The summed E-state index contributed by atoms with van der Waals surface area (Å²) in [6.45, 7) is 1.49. The number of aliphatic hydroxyl groups is 1. The van der Waals surface area contributed by atoms with Crippen molar-refractivity contribution < 1.29 is 18.3 Å². The molecule has 0 radical (unpaired) electrons. The van der Waals surface area contributed by atoms with Crippen molar-refractivity contribution in [3.8, 4) is 0 Å². The van der Waals surface area contributed by atoms with Crippen LogP contribution in [0.2, 0.25) is 0 Å². The first-order valence-corrected chi connectivity index (χ1v) is 4.93. The number of hydrogen-bond acceptors (Lipinski definition) is 4. The molecule has 0 saturated heterocycles. The lowest BCUT2D eigenvalue weighted by molar-refractivity contribution is -0.141. The summed E-state index contributed by atoms with van der Waals surface area (Å²) < 4.78 is 37.4. The second-order valence-corrected chi connectivity index (χ2v) is 3.77. The Kier molecular flexibility index (Phi) is 3.82. The van der Waals surface area contributed by atoms with Crippen LogP contribution in [0.3, 0.4) is 0 Å². The number of aromatic nitrogens is 1. The molecule has 0 aliphatic carbocycles. The van der Waals surface area contributed by atoms with E-state index in [1.807, 2.05) is 0 Å². The van der Waals surface area contributed by atoms with E-state index in [9.17, 15) is 13.2 Å². The van der Waals surface area contributed by atoms with E-state index in [-0.39, 0.29) is 24.0 Å². The number of alkyl halides is 3. The lowest BCUT2D eigenvalue weighted by Crippen LogP contribution is -2.32. The van der Waals surface area contributed by atoms with Crippen LogP contribution in [0, 0.1) is 0 Å². The molecule has 1 heterocycles. The van der Waals surface area contributed by atoms with Gasteiger partial charge in [-0.1, -0.05) is 0 Å². The van der Waals surface area contributed by atoms with Crippen molar-refractivity contribution in [2.45, 2.75) is 19.1 Å². The van der Waals surface area contributed by atoms with Gasteiger partial charge in [-0.2, -0.15) is 13.2 Å². The number of nitrogen functional groups attached to an aromatic ring is 1. The van der Waals surface area contributed by atoms with Gasteiger partial charge in [0.05, 0.1) is 24.2 Å². The Morgan fingerprint density at radius 2 is 2.12 bits per heavy atom. The molecule has 1 rings (SSSR count). The smallest absolute Gasteiger partial charge is 0.396 e. The summed E-state index contributed by atoms with van der Waals surface area (Å²) in [5.74, 6) is 0. The highest BCUT2D eigenvalue weighted by atomic mass is 19.4. The number of aliphatic hydroxyl groups excluding tert-OH is 1. The number of pyridine rings is 1. The summed E-state index contributed by atoms with van der Waals surface area (Å²) in [6, 6.07) is 0.544. The Labute approximate surface area is 96.9 Å². The minimum Gasteiger partial charge on any atom is -0.396 e. The van der Waals surface area contributed by atoms with Gasteiger partial charge in [-0.15, -0.1) is 0 Å². The molecule has 7 heteroatoms. The Bertz CT molecular complexity index is 395. The molecule has 0 aromatic carbocycles. The molecule has 4 nitrogen and oxygen atoms in total. The van der Waals surface area contributed by atoms with Gasteiger partial charge in [0, 0.05) is 13.1 Å². The largest absolute Gasteiger partial charge is 0.433 e. The summed E-state index contributed by atoms with van der Waals surface area (Å²) in [7, 11) is 1.56. The van der Waals surface area contributed by atoms with Gasteiger partial charge in [-0.25, -0.2) is 4.98 Å². The van der Waals surface area contributed by atoms with Gasteiger partial charge >= 0.3 is 6.18 Å². The van der Waals surface area contributed by atoms with E-state index in [1.165, 1.54) is 4.90 Å². The molecular weight excluding hydrogens is 235 g/mol. The average molecular weight is 249 g/mol. The van der Waals surface area contributed by atoms with Crippen molar-refractivity contribution in [2.24, 2.45) is 0 Å². The molecule has 0 amide bonds. The molecule has 1 aromatic heterocycles. The van der Waals surface area contributed by atoms with Crippen LogP contribution in [0.5, 0.6) is 0 Å². The molecule has 1 unspecified atom stereocenters. The number of anilines is 2. The van der Waals surface area contributed by atoms with Crippen LogP contribution in [0.4, 0.5) is 24.5 Å². The van der Waals surface area contributed by atoms with E-state index in [2.05, 4.69) is 4.98 Å². The van der Waals surface area contributed by atoms with Crippen molar-refractivity contribution in [1.29, 1.82) is 0 Å². The van der Waals surface area contributed by atoms with Crippen LogP contribution in [0.25, 0.3) is 0 Å². The summed E-state index contributed by atoms with van der Waals surface area (Å²) in [5.41, 5.74) is 4.91. The zero-order valence-corrected chi connectivity index (χ0v) is 9.49. The maximum atomic E-state index is 12.5. The van der Waals surface area contributed by atoms with Crippen LogP contribution in [0.1, 0.15) is 12.6 Å². The molecule has 0 aliphatic rings. The number of hydrogen-bond donors (Lipinski definition) is 2. The predicted octanol–water partition coefficient (Wildman–Crippen LogP) is 1.50. The maximum Gasteiger partial charge on any atom is 0.433 e. The van der Waals surface area contributed by atoms with Gasteiger partial charge < -0.3 is 15.7 Å². The highest BCUT2D eigenvalue weighted by Gasteiger charge is 2.33. The number of halogens is 3. The van der Waals surface area contributed by atoms with Gasteiger partial charge in [0.15, 0.2) is 0 Å². The van der Waals surface area contributed by atoms with Gasteiger partial charge in [-0.05, 0) is 13.0 Å². The molecule has 17 heavy (non-hydrogen) atoms. The lowest BCUT2D eigenvalue weighted by Gasteiger charge is -2.27. The molecule has 0 saturated carbocycles. The molecule has 0 fully saturated rings. The van der Waals surface area contributed by atoms with Crippen LogP contribution in [-0.4, -0.2) is 29.8 Å². The highest BCUT2D eigenvalue weighted by molar-refractivity contribution is 5.67. The Hall–Kier alpha value is -1.50. The average Bonchev–Trinajstić information content (AvgIpc) is 2.26. The first-order valence-electron chi connectivity index (χ1n) is 4.93. The van der Waals surface area contributed by atoms with Gasteiger partial charge in [0.25, 0.3) is 0 Å². The minimum atomic E-state index is -4.51. The van der Waals surface area contributed by atoms with Crippen LogP contribution < -0.4 is 10.6 Å². The first-order chi connectivity index (χ1) is 7.77. The fraction of sp³-hybridized carbons (Fsp3) is 0.500. The monoisotopic (exact) mass is 249 g/mol. The van der Waals surface area contributed by atoms with Crippen molar-refractivity contribution in [1.82, 2.24) is 4.98 Å². The van der Waals surface area contributed by atoms with Crippen molar-refractivity contribution in [3.05, 3.63) is 18.0 Å². The van der Waals surface area contributed by atoms with E-state index >= 15 is 0 Å². The van der Waals surface area contributed by atoms with Gasteiger partial charge in [0.1, 0.15) is 5.69 Å². The molecule has 1 aromatic rings. The van der Waals surface area contributed by atoms with Crippen molar-refractivity contribution in [2.75, 3.05) is 24.3 Å². The second-order valence-electron chi connectivity index (χ2n) is 3.77. The van der Waals surface area contributed by atoms with E-state index in [1.54, 1.807) is 14.0 Å². The summed E-state index contributed by atoms with van der Waals surface area (Å²) >= 11 is 0. The molecule has 0 spiro atoms. The van der Waals surface area contributed by atoms with E-state index in [0.717, 1.165) is 12.3 Å². The van der Waals surface area contributed by atoms with E-state index < -0.39 is 11.9 Å². The Balaban J connectivity index is 3.15. The van der Waals surface area contributed by atoms with Gasteiger partial charge in [-0.3, -0.25) is 0 Å². The topological polar surface area (TPSA) is 62.4 Å². The molecular formula is C10H14F3N3O. The molecule has 3 N–H and O–H groups in total. The third-order valence-electron chi connectivity index (χ3n) is 2.51. The Morgan fingerprint density at radius 3 is 2.59 bits per heavy atom. The second kappa shape index (κ2) is 4.79. The fourth-order valence-corrected chi connectivity index (χ4v) is 1.28. The standard InChI is InChI=1S/C10H14F3N3O/c1-6(5-17)16(2)8-3-9(10(11,12)13)15-4-7(8)14/h3-4,6,17H,5,14H2,1-2H3. The van der Waals surface area contributed by atoms with Crippen LogP contribution >= 0.6 is 0 Å². The minimum absolute atomic E-state index is 0.140. The first kappa shape index (κ1) is 13.6. The Morgan fingerprint density at radius 1 is 1.53 bits per heavy atom. The normalized spacial score (nSPS) is 13.5. The number of rotatable bonds is 3. The van der Waals surface area contributed by atoms with Crippen molar-refractivity contribution in [3.63, 3.8) is 0 Å². The zero-order valence-electron chi connectivity index (χ0n) is 9.49. The molecule has 1 atom stereocenters. The molecule has 0 aliphatic heterocycles. The third kappa shape index (κ3) is 3.00. The highest BCUT2D eigenvalue weighted by Crippen LogP contribution is 2.32. The third-order valence-corrected chi connectivity index (χ3v) is 2.51.